The van der Waals surface area contributed by atoms with Crippen LogP contribution in [-0.2, 0) is 11.3 Å². The number of ether oxygens (including phenoxy) is 1. The predicted octanol–water partition coefficient (Wildman–Crippen LogP) is 1.82. The molecular weight excluding hydrogens is 244 g/mol. The molecule has 0 spiro atoms. The van der Waals surface area contributed by atoms with E-state index < -0.39 is 0 Å². The molecule has 0 aromatic carbocycles. The molecule has 90 valence electrons. The molecule has 5 heteroatoms. The fourth-order valence-electron chi connectivity index (χ4n) is 1.85. The number of thiophene rings is 1. The van der Waals surface area contributed by atoms with E-state index in [0.717, 1.165) is 37.8 Å². The molecule has 0 saturated carbocycles. The van der Waals surface area contributed by atoms with Crippen molar-refractivity contribution in [2.75, 3.05) is 33.3 Å². The summed E-state index contributed by atoms with van der Waals surface area (Å²) in [7, 11) is 2.12. The van der Waals surface area contributed by atoms with Gasteiger partial charge in [0.2, 0.25) is 0 Å². The smallest absolute Gasteiger partial charge is 0.0826 e. The van der Waals surface area contributed by atoms with Crippen LogP contribution in [0, 0.1) is 0 Å². The molecule has 1 unspecified atom stereocenters. The topological polar surface area (TPSA) is 24.5 Å². The highest BCUT2D eigenvalue weighted by atomic mass is 35.5. The molecule has 1 N–H and O–H groups in total. The lowest BCUT2D eigenvalue weighted by atomic mass is 10.3. The monoisotopic (exact) mass is 260 g/mol. The van der Waals surface area contributed by atoms with Crippen molar-refractivity contribution in [1.29, 1.82) is 0 Å². The molecule has 1 fully saturated rings. The molecule has 3 nitrogen and oxygen atoms in total. The summed E-state index contributed by atoms with van der Waals surface area (Å²) >= 11 is 7.60. The van der Waals surface area contributed by atoms with Gasteiger partial charge in [0.15, 0.2) is 0 Å². The molecule has 1 aliphatic heterocycles. The Morgan fingerprint density at radius 1 is 1.69 bits per heavy atom. The van der Waals surface area contributed by atoms with Gasteiger partial charge in [-0.15, -0.1) is 11.3 Å². The van der Waals surface area contributed by atoms with Gasteiger partial charge in [-0.25, -0.2) is 0 Å². The van der Waals surface area contributed by atoms with Crippen molar-refractivity contribution in [2.45, 2.75) is 12.6 Å². The van der Waals surface area contributed by atoms with E-state index in [0.29, 0.717) is 6.10 Å². The molecule has 1 aromatic rings. The van der Waals surface area contributed by atoms with Crippen LogP contribution in [0.1, 0.15) is 4.88 Å². The van der Waals surface area contributed by atoms with E-state index in [2.05, 4.69) is 17.3 Å². The Hall–Kier alpha value is -0.130. The summed E-state index contributed by atoms with van der Waals surface area (Å²) < 4.78 is 5.66. The Labute approximate surface area is 105 Å². The molecule has 0 bridgehead atoms. The molecule has 2 heterocycles. The lowest BCUT2D eigenvalue weighted by molar-refractivity contribution is 0.00899. The van der Waals surface area contributed by atoms with Gasteiger partial charge in [0.05, 0.1) is 17.7 Å². The van der Waals surface area contributed by atoms with E-state index in [9.17, 15) is 0 Å². The Kier molecular flexibility index (Phi) is 4.61. The molecule has 1 aliphatic rings. The van der Waals surface area contributed by atoms with Crippen LogP contribution in [0.2, 0.25) is 5.02 Å². The van der Waals surface area contributed by atoms with E-state index in [1.807, 2.05) is 11.4 Å². The number of hydrogen-bond acceptors (Lipinski definition) is 4. The van der Waals surface area contributed by atoms with Crippen LogP contribution in [0.4, 0.5) is 0 Å². The lowest BCUT2D eigenvalue weighted by Crippen LogP contribution is -2.44. The minimum Gasteiger partial charge on any atom is -0.374 e. The summed E-state index contributed by atoms with van der Waals surface area (Å²) in [5, 5.41) is 6.15. The Bertz CT molecular complexity index is 326. The van der Waals surface area contributed by atoms with Crippen LogP contribution in [0.5, 0.6) is 0 Å². The van der Waals surface area contributed by atoms with Gasteiger partial charge in [-0.2, -0.15) is 0 Å². The minimum atomic E-state index is 0.314. The number of halogens is 1. The van der Waals surface area contributed by atoms with Crippen LogP contribution in [0.15, 0.2) is 11.4 Å². The predicted molar refractivity (Wildman–Crippen MR) is 68.3 cm³/mol. The van der Waals surface area contributed by atoms with Gasteiger partial charge < -0.3 is 10.1 Å². The van der Waals surface area contributed by atoms with Crippen LogP contribution < -0.4 is 5.32 Å². The quantitative estimate of drug-likeness (QED) is 0.894. The Morgan fingerprint density at radius 2 is 2.56 bits per heavy atom. The second-order valence-corrected chi connectivity index (χ2v) is 5.56. The SMILES string of the molecule is CN(Cc1cc(Cl)cs1)CC1CNCCO1. The zero-order valence-electron chi connectivity index (χ0n) is 9.41. The molecule has 1 atom stereocenters. The fourth-order valence-corrected chi connectivity index (χ4v) is 3.00. The van der Waals surface area contributed by atoms with Gasteiger partial charge >= 0.3 is 0 Å². The van der Waals surface area contributed by atoms with Crippen molar-refractivity contribution < 1.29 is 4.74 Å². The number of rotatable bonds is 4. The van der Waals surface area contributed by atoms with E-state index in [1.165, 1.54) is 4.88 Å². The molecular formula is C11H17ClN2OS. The van der Waals surface area contributed by atoms with Gasteiger partial charge in [-0.3, -0.25) is 4.90 Å². The Balaban J connectivity index is 1.77. The van der Waals surface area contributed by atoms with Crippen molar-refractivity contribution in [3.63, 3.8) is 0 Å². The van der Waals surface area contributed by atoms with E-state index in [4.69, 9.17) is 16.3 Å². The highest BCUT2D eigenvalue weighted by Gasteiger charge is 2.15. The average Bonchev–Trinajstić information content (AvgIpc) is 2.65. The third kappa shape index (κ3) is 3.71. The van der Waals surface area contributed by atoms with Gasteiger partial charge in [0.25, 0.3) is 0 Å². The third-order valence-corrected chi connectivity index (χ3v) is 3.84. The van der Waals surface area contributed by atoms with Crippen molar-refractivity contribution in [3.05, 3.63) is 21.3 Å². The van der Waals surface area contributed by atoms with Gasteiger partial charge in [-0.1, -0.05) is 11.6 Å². The van der Waals surface area contributed by atoms with Crippen LogP contribution in [-0.4, -0.2) is 44.3 Å². The number of morpholine rings is 1. The first-order valence-electron chi connectivity index (χ1n) is 5.48. The molecule has 0 amide bonds. The first-order valence-corrected chi connectivity index (χ1v) is 6.73. The summed E-state index contributed by atoms with van der Waals surface area (Å²) in [5.41, 5.74) is 0. The highest BCUT2D eigenvalue weighted by molar-refractivity contribution is 7.10. The summed E-state index contributed by atoms with van der Waals surface area (Å²) in [6.45, 7) is 4.65. The Morgan fingerprint density at radius 3 is 3.19 bits per heavy atom. The lowest BCUT2D eigenvalue weighted by Gasteiger charge is -2.27. The van der Waals surface area contributed by atoms with Crippen LogP contribution in [0.3, 0.4) is 0 Å². The van der Waals surface area contributed by atoms with Gasteiger partial charge in [-0.05, 0) is 13.1 Å². The number of nitrogens with zero attached hydrogens (tertiary/aromatic N) is 1. The summed E-state index contributed by atoms with van der Waals surface area (Å²) in [5.74, 6) is 0. The summed E-state index contributed by atoms with van der Waals surface area (Å²) in [4.78, 5) is 3.58. The molecule has 0 aliphatic carbocycles. The normalized spacial score (nSPS) is 21.6. The van der Waals surface area contributed by atoms with E-state index >= 15 is 0 Å². The van der Waals surface area contributed by atoms with Crippen LogP contribution in [0.25, 0.3) is 0 Å². The molecule has 0 radical (unpaired) electrons. The maximum atomic E-state index is 5.89. The first kappa shape index (κ1) is 12.3. The average molecular weight is 261 g/mol. The van der Waals surface area contributed by atoms with E-state index in [-0.39, 0.29) is 0 Å². The van der Waals surface area contributed by atoms with Crippen LogP contribution >= 0.6 is 22.9 Å². The molecule has 1 saturated heterocycles. The number of likely N-dealkylation sites (N-methyl/N-ethyl adjacent to an activating group) is 1. The summed E-state index contributed by atoms with van der Waals surface area (Å²) in [6, 6.07) is 2.03. The standard InChI is InChI=1S/C11H17ClN2OS/c1-14(6-10-5-13-2-3-15-10)7-11-4-9(12)8-16-11/h4,8,10,13H,2-3,5-7H2,1H3. The molecule has 16 heavy (non-hydrogen) atoms. The van der Waals surface area contributed by atoms with Crippen molar-refractivity contribution in [1.82, 2.24) is 10.2 Å². The minimum absolute atomic E-state index is 0.314. The molecule has 2 rings (SSSR count). The first-order chi connectivity index (χ1) is 7.74. The van der Waals surface area contributed by atoms with E-state index in [1.54, 1.807) is 11.3 Å². The number of hydrogen-bond donors (Lipinski definition) is 1. The van der Waals surface area contributed by atoms with Crippen molar-refractivity contribution in [3.8, 4) is 0 Å². The second-order valence-electron chi connectivity index (χ2n) is 4.12. The third-order valence-electron chi connectivity index (χ3n) is 2.57. The maximum Gasteiger partial charge on any atom is 0.0826 e. The maximum absolute atomic E-state index is 5.89. The zero-order valence-corrected chi connectivity index (χ0v) is 11.0. The van der Waals surface area contributed by atoms with Gasteiger partial charge in [0.1, 0.15) is 0 Å². The zero-order chi connectivity index (χ0) is 11.4. The summed E-state index contributed by atoms with van der Waals surface area (Å²) in [6.07, 6.45) is 0.314. The highest BCUT2D eigenvalue weighted by Crippen LogP contribution is 2.20. The number of nitrogens with one attached hydrogen (secondary N) is 1. The fraction of sp³-hybridized carbons (Fsp3) is 0.636. The van der Waals surface area contributed by atoms with Gasteiger partial charge in [0, 0.05) is 36.4 Å². The molecule has 1 aromatic heterocycles. The van der Waals surface area contributed by atoms with Crippen molar-refractivity contribution in [2.24, 2.45) is 0 Å². The van der Waals surface area contributed by atoms with Crippen molar-refractivity contribution >= 4 is 22.9 Å². The second kappa shape index (κ2) is 5.98. The largest absolute Gasteiger partial charge is 0.374 e.